The highest BCUT2D eigenvalue weighted by Crippen LogP contribution is 2.29. The highest BCUT2D eigenvalue weighted by atomic mass is 16.5. The van der Waals surface area contributed by atoms with Crippen molar-refractivity contribution in [2.45, 2.75) is 20.5 Å². The molecule has 0 amide bonds. The molecule has 0 atom stereocenters. The van der Waals surface area contributed by atoms with Crippen LogP contribution in [-0.4, -0.2) is 25.2 Å². The van der Waals surface area contributed by atoms with Crippen LogP contribution in [0.15, 0.2) is 22.6 Å². The van der Waals surface area contributed by atoms with E-state index in [4.69, 9.17) is 13.9 Å². The lowest BCUT2D eigenvalue weighted by Gasteiger charge is -2.10. The van der Waals surface area contributed by atoms with Crippen molar-refractivity contribution in [3.8, 4) is 11.5 Å². The minimum atomic E-state index is -0.432. The lowest BCUT2D eigenvalue weighted by Crippen LogP contribution is -2.03. The number of oxazole rings is 1. The quantitative estimate of drug-likeness (QED) is 0.789. The Morgan fingerprint density at radius 2 is 2.00 bits per heavy atom. The van der Waals surface area contributed by atoms with Crippen LogP contribution in [-0.2, 0) is 11.3 Å². The Balaban J connectivity index is 2.14. The number of methoxy groups -OCH3 is 2. The summed E-state index contributed by atoms with van der Waals surface area (Å²) >= 11 is 0. The van der Waals surface area contributed by atoms with E-state index >= 15 is 0 Å². The van der Waals surface area contributed by atoms with E-state index in [2.05, 4.69) is 9.72 Å². The Labute approximate surface area is 122 Å². The van der Waals surface area contributed by atoms with Gasteiger partial charge in [-0.15, -0.1) is 0 Å². The predicted octanol–water partition coefficient (Wildman–Crippen LogP) is 2.67. The molecule has 0 spiro atoms. The number of ether oxygens (including phenoxy) is 3. The maximum Gasteiger partial charge on any atom is 0.337 e. The van der Waals surface area contributed by atoms with Gasteiger partial charge in [-0.25, -0.2) is 9.78 Å². The summed E-state index contributed by atoms with van der Waals surface area (Å²) in [5, 5.41) is 0. The summed E-state index contributed by atoms with van der Waals surface area (Å²) in [6, 6.07) is 4.82. The number of carbonyl (C=O) groups excluding carboxylic acids is 1. The molecule has 0 saturated heterocycles. The zero-order valence-corrected chi connectivity index (χ0v) is 12.4. The van der Waals surface area contributed by atoms with Gasteiger partial charge in [-0.2, -0.15) is 0 Å². The van der Waals surface area contributed by atoms with E-state index in [-0.39, 0.29) is 6.61 Å². The molecule has 0 bridgehead atoms. The highest BCUT2D eigenvalue weighted by Gasteiger charge is 2.13. The lowest BCUT2D eigenvalue weighted by atomic mass is 10.2. The second-order valence-electron chi connectivity index (χ2n) is 4.40. The first kappa shape index (κ1) is 14.9. The van der Waals surface area contributed by atoms with Gasteiger partial charge in [0.05, 0.1) is 25.5 Å². The average molecular weight is 291 g/mol. The summed E-state index contributed by atoms with van der Waals surface area (Å²) in [5.41, 5.74) is 1.23. The summed E-state index contributed by atoms with van der Waals surface area (Å²) in [6.45, 7) is 3.90. The Hall–Kier alpha value is -2.50. The number of rotatable bonds is 5. The van der Waals surface area contributed by atoms with E-state index in [0.717, 1.165) is 11.5 Å². The van der Waals surface area contributed by atoms with Gasteiger partial charge in [-0.1, -0.05) is 0 Å². The summed E-state index contributed by atoms with van der Waals surface area (Å²) in [7, 11) is 2.83. The van der Waals surface area contributed by atoms with Gasteiger partial charge < -0.3 is 18.6 Å². The van der Waals surface area contributed by atoms with Gasteiger partial charge in [-0.05, 0) is 32.0 Å². The molecular weight excluding hydrogens is 274 g/mol. The second kappa shape index (κ2) is 6.30. The van der Waals surface area contributed by atoms with Crippen LogP contribution in [0.2, 0.25) is 0 Å². The summed E-state index contributed by atoms with van der Waals surface area (Å²) in [5.74, 6) is 1.76. The molecule has 2 rings (SSSR count). The van der Waals surface area contributed by atoms with Gasteiger partial charge in [0.1, 0.15) is 5.76 Å². The maximum atomic E-state index is 11.5. The van der Waals surface area contributed by atoms with Gasteiger partial charge in [0, 0.05) is 0 Å². The Morgan fingerprint density at radius 3 is 2.57 bits per heavy atom. The molecule has 1 aromatic carbocycles. The van der Waals surface area contributed by atoms with Crippen LogP contribution in [0.4, 0.5) is 0 Å². The van der Waals surface area contributed by atoms with Gasteiger partial charge in [0.2, 0.25) is 5.89 Å². The first-order valence-electron chi connectivity index (χ1n) is 6.37. The normalized spacial score (nSPS) is 10.3. The zero-order valence-electron chi connectivity index (χ0n) is 12.4. The van der Waals surface area contributed by atoms with Gasteiger partial charge >= 0.3 is 5.97 Å². The molecule has 0 N–H and O–H groups in total. The van der Waals surface area contributed by atoms with Crippen molar-refractivity contribution >= 4 is 5.97 Å². The van der Waals surface area contributed by atoms with E-state index in [1.54, 1.807) is 18.2 Å². The van der Waals surface area contributed by atoms with Crippen LogP contribution < -0.4 is 9.47 Å². The molecule has 0 saturated carbocycles. The summed E-state index contributed by atoms with van der Waals surface area (Å²) in [4.78, 5) is 15.7. The molecular formula is C15H17NO5. The minimum Gasteiger partial charge on any atom is -0.493 e. The van der Waals surface area contributed by atoms with Crippen molar-refractivity contribution in [3.63, 3.8) is 0 Å². The molecule has 0 fully saturated rings. The summed E-state index contributed by atoms with van der Waals surface area (Å²) in [6.07, 6.45) is 0. The van der Waals surface area contributed by atoms with E-state index in [1.807, 2.05) is 13.8 Å². The molecule has 1 heterocycles. The fraction of sp³-hybridized carbons (Fsp3) is 0.333. The molecule has 6 nitrogen and oxygen atoms in total. The molecule has 0 aliphatic rings. The SMILES string of the molecule is COC(=O)c1ccc(OCc2nc(C)c(C)o2)c(OC)c1. The molecule has 6 heteroatoms. The number of aromatic nitrogens is 1. The highest BCUT2D eigenvalue weighted by molar-refractivity contribution is 5.90. The molecule has 0 aliphatic heterocycles. The van der Waals surface area contributed by atoms with E-state index < -0.39 is 5.97 Å². The standard InChI is InChI=1S/C15H17NO5/c1-9-10(2)21-14(16-9)8-20-12-6-5-11(15(17)19-4)7-13(12)18-3/h5-7H,8H2,1-4H3. The molecule has 2 aromatic rings. The fourth-order valence-corrected chi connectivity index (χ4v) is 1.77. The number of benzene rings is 1. The minimum absolute atomic E-state index is 0.183. The van der Waals surface area contributed by atoms with Crippen LogP contribution in [0.1, 0.15) is 27.7 Å². The lowest BCUT2D eigenvalue weighted by molar-refractivity contribution is 0.0600. The van der Waals surface area contributed by atoms with E-state index in [1.165, 1.54) is 14.2 Å². The van der Waals surface area contributed by atoms with Crippen molar-refractivity contribution in [3.05, 3.63) is 41.1 Å². The fourth-order valence-electron chi connectivity index (χ4n) is 1.77. The second-order valence-corrected chi connectivity index (χ2v) is 4.40. The van der Waals surface area contributed by atoms with Crippen LogP contribution in [0.5, 0.6) is 11.5 Å². The van der Waals surface area contributed by atoms with Crippen molar-refractivity contribution in [1.29, 1.82) is 0 Å². The van der Waals surface area contributed by atoms with Crippen molar-refractivity contribution in [2.24, 2.45) is 0 Å². The topological polar surface area (TPSA) is 70.8 Å². The maximum absolute atomic E-state index is 11.5. The third kappa shape index (κ3) is 3.34. The number of hydrogen-bond donors (Lipinski definition) is 0. The number of nitrogens with zero attached hydrogens (tertiary/aromatic N) is 1. The molecule has 1 aromatic heterocycles. The van der Waals surface area contributed by atoms with Crippen LogP contribution in [0, 0.1) is 13.8 Å². The molecule has 112 valence electrons. The third-order valence-electron chi connectivity index (χ3n) is 3.01. The smallest absolute Gasteiger partial charge is 0.337 e. The number of aryl methyl sites for hydroxylation is 2. The van der Waals surface area contributed by atoms with Crippen LogP contribution in [0.25, 0.3) is 0 Å². The van der Waals surface area contributed by atoms with Crippen molar-refractivity contribution < 1.29 is 23.4 Å². The Morgan fingerprint density at radius 1 is 1.24 bits per heavy atom. The monoisotopic (exact) mass is 291 g/mol. The average Bonchev–Trinajstić information content (AvgIpc) is 2.82. The first-order valence-corrected chi connectivity index (χ1v) is 6.37. The zero-order chi connectivity index (χ0) is 15.4. The molecule has 0 aliphatic carbocycles. The van der Waals surface area contributed by atoms with Gasteiger partial charge in [0.25, 0.3) is 0 Å². The van der Waals surface area contributed by atoms with Crippen molar-refractivity contribution in [2.75, 3.05) is 14.2 Å². The van der Waals surface area contributed by atoms with Crippen molar-refractivity contribution in [1.82, 2.24) is 4.98 Å². The first-order chi connectivity index (χ1) is 10.0. The molecule has 0 unspecified atom stereocenters. The van der Waals surface area contributed by atoms with E-state index in [0.29, 0.717) is 23.0 Å². The number of hydrogen-bond acceptors (Lipinski definition) is 6. The van der Waals surface area contributed by atoms with Gasteiger partial charge in [-0.3, -0.25) is 0 Å². The Kier molecular flexibility index (Phi) is 4.47. The largest absolute Gasteiger partial charge is 0.493 e. The number of esters is 1. The van der Waals surface area contributed by atoms with Crippen LogP contribution in [0.3, 0.4) is 0 Å². The Bertz CT molecular complexity index is 628. The summed E-state index contributed by atoms with van der Waals surface area (Å²) < 4.78 is 20.9. The molecule has 0 radical (unpaired) electrons. The predicted molar refractivity (Wildman–Crippen MR) is 74.6 cm³/mol. The number of carbonyl (C=O) groups is 1. The van der Waals surface area contributed by atoms with Crippen LogP contribution >= 0.6 is 0 Å². The van der Waals surface area contributed by atoms with Gasteiger partial charge in [0.15, 0.2) is 18.1 Å². The molecule has 21 heavy (non-hydrogen) atoms. The van der Waals surface area contributed by atoms with E-state index in [9.17, 15) is 4.79 Å². The third-order valence-corrected chi connectivity index (χ3v) is 3.01.